The normalized spacial score (nSPS) is 10.4. The Hall–Kier alpha value is -1.73. The van der Waals surface area contributed by atoms with E-state index in [0.29, 0.717) is 33.3 Å². The third kappa shape index (κ3) is 2.99. The standard InChI is InChI=1S/C12H12BrFN4O/c1-6-11(18-15)16-7(2)17-12(6)19-8-3-4-9(13)10(14)5-8/h3-5H,15H2,1-2H3,(H,16,17,18). The van der Waals surface area contributed by atoms with Gasteiger partial charge in [0.1, 0.15) is 23.2 Å². The van der Waals surface area contributed by atoms with Crippen LogP contribution in [0.2, 0.25) is 0 Å². The van der Waals surface area contributed by atoms with Crippen LogP contribution in [0.25, 0.3) is 0 Å². The van der Waals surface area contributed by atoms with E-state index in [9.17, 15) is 4.39 Å². The number of benzene rings is 1. The Kier molecular flexibility index (Phi) is 3.96. The molecule has 0 fully saturated rings. The summed E-state index contributed by atoms with van der Waals surface area (Å²) in [6.45, 7) is 3.48. The molecular weight excluding hydrogens is 315 g/mol. The van der Waals surface area contributed by atoms with Gasteiger partial charge in [-0.2, -0.15) is 4.98 Å². The second-order valence-electron chi connectivity index (χ2n) is 3.87. The fraction of sp³-hybridized carbons (Fsp3) is 0.167. The number of nitrogens with one attached hydrogen (secondary N) is 1. The molecule has 1 aromatic heterocycles. The molecule has 0 aliphatic carbocycles. The molecule has 5 nitrogen and oxygen atoms in total. The number of nitrogens with two attached hydrogens (primary N) is 1. The van der Waals surface area contributed by atoms with E-state index in [4.69, 9.17) is 10.6 Å². The van der Waals surface area contributed by atoms with Crippen LogP contribution in [0.4, 0.5) is 10.2 Å². The molecule has 7 heteroatoms. The summed E-state index contributed by atoms with van der Waals surface area (Å²) < 4.78 is 19.4. The zero-order valence-corrected chi connectivity index (χ0v) is 12.0. The van der Waals surface area contributed by atoms with E-state index in [1.165, 1.54) is 6.07 Å². The van der Waals surface area contributed by atoms with Gasteiger partial charge in [-0.15, -0.1) is 0 Å². The third-order valence-electron chi connectivity index (χ3n) is 2.46. The first-order valence-corrected chi connectivity index (χ1v) is 6.25. The van der Waals surface area contributed by atoms with Crippen LogP contribution in [0.1, 0.15) is 11.4 Å². The van der Waals surface area contributed by atoms with Crippen molar-refractivity contribution in [1.82, 2.24) is 9.97 Å². The van der Waals surface area contributed by atoms with Crippen LogP contribution in [0.5, 0.6) is 11.6 Å². The lowest BCUT2D eigenvalue weighted by molar-refractivity contribution is 0.451. The maximum absolute atomic E-state index is 13.4. The summed E-state index contributed by atoms with van der Waals surface area (Å²) in [6, 6.07) is 4.48. The molecule has 19 heavy (non-hydrogen) atoms. The highest BCUT2D eigenvalue weighted by Gasteiger charge is 2.11. The summed E-state index contributed by atoms with van der Waals surface area (Å²) in [5.74, 6) is 6.62. The molecule has 0 saturated carbocycles. The van der Waals surface area contributed by atoms with Gasteiger partial charge >= 0.3 is 0 Å². The molecule has 100 valence electrons. The van der Waals surface area contributed by atoms with Crippen molar-refractivity contribution in [2.75, 3.05) is 5.43 Å². The highest BCUT2D eigenvalue weighted by Crippen LogP contribution is 2.28. The predicted octanol–water partition coefficient (Wildman–Crippen LogP) is 3.07. The van der Waals surface area contributed by atoms with Crippen LogP contribution in [-0.4, -0.2) is 9.97 Å². The second kappa shape index (κ2) is 5.50. The number of nitrogen functional groups attached to an aromatic ring is 1. The van der Waals surface area contributed by atoms with E-state index in [1.54, 1.807) is 26.0 Å². The Morgan fingerprint density at radius 1 is 1.32 bits per heavy atom. The van der Waals surface area contributed by atoms with Crippen molar-refractivity contribution >= 4 is 21.7 Å². The Morgan fingerprint density at radius 2 is 2.05 bits per heavy atom. The van der Waals surface area contributed by atoms with Crippen LogP contribution in [0.15, 0.2) is 22.7 Å². The van der Waals surface area contributed by atoms with Crippen molar-refractivity contribution in [3.8, 4) is 11.6 Å². The molecule has 0 aliphatic heterocycles. The van der Waals surface area contributed by atoms with Gasteiger partial charge in [-0.05, 0) is 41.9 Å². The first kappa shape index (κ1) is 13.7. The Bertz CT molecular complexity index is 621. The summed E-state index contributed by atoms with van der Waals surface area (Å²) in [6.07, 6.45) is 0. The minimum atomic E-state index is -0.405. The Labute approximate surface area is 118 Å². The van der Waals surface area contributed by atoms with E-state index in [1.807, 2.05) is 0 Å². The van der Waals surface area contributed by atoms with Crippen LogP contribution in [0.3, 0.4) is 0 Å². The first-order valence-electron chi connectivity index (χ1n) is 5.46. The number of aromatic nitrogens is 2. The van der Waals surface area contributed by atoms with Crippen molar-refractivity contribution in [2.24, 2.45) is 5.84 Å². The smallest absolute Gasteiger partial charge is 0.227 e. The molecule has 0 saturated heterocycles. The second-order valence-corrected chi connectivity index (χ2v) is 4.73. The van der Waals surface area contributed by atoms with Gasteiger partial charge in [0.25, 0.3) is 0 Å². The van der Waals surface area contributed by atoms with E-state index in [2.05, 4.69) is 31.3 Å². The van der Waals surface area contributed by atoms with Gasteiger partial charge in [0.2, 0.25) is 5.88 Å². The molecule has 2 rings (SSSR count). The highest BCUT2D eigenvalue weighted by molar-refractivity contribution is 9.10. The largest absolute Gasteiger partial charge is 0.438 e. The van der Waals surface area contributed by atoms with Gasteiger partial charge in [0.05, 0.1) is 10.0 Å². The number of nitrogens with zero attached hydrogens (tertiary/aromatic N) is 2. The number of halogens is 2. The Balaban J connectivity index is 2.37. The van der Waals surface area contributed by atoms with Gasteiger partial charge in [-0.25, -0.2) is 15.2 Å². The van der Waals surface area contributed by atoms with Crippen molar-refractivity contribution in [1.29, 1.82) is 0 Å². The lowest BCUT2D eigenvalue weighted by Crippen LogP contribution is -2.12. The SMILES string of the molecule is Cc1nc(NN)c(C)c(Oc2ccc(Br)c(F)c2)n1. The number of aryl methyl sites for hydroxylation is 1. The van der Waals surface area contributed by atoms with Gasteiger partial charge in [-0.3, -0.25) is 0 Å². The van der Waals surface area contributed by atoms with E-state index in [0.717, 1.165) is 0 Å². The number of hydrazine groups is 1. The van der Waals surface area contributed by atoms with Crippen molar-refractivity contribution < 1.29 is 9.13 Å². The fourth-order valence-electron chi connectivity index (χ4n) is 1.49. The maximum Gasteiger partial charge on any atom is 0.227 e. The molecule has 0 aliphatic rings. The summed E-state index contributed by atoms with van der Waals surface area (Å²) in [5, 5.41) is 0. The number of ether oxygens (including phenoxy) is 1. The van der Waals surface area contributed by atoms with Gasteiger partial charge in [-0.1, -0.05) is 0 Å². The third-order valence-corrected chi connectivity index (χ3v) is 3.10. The molecule has 0 amide bonds. The number of hydrogen-bond acceptors (Lipinski definition) is 5. The summed E-state index contributed by atoms with van der Waals surface area (Å²) >= 11 is 3.08. The number of hydrogen-bond donors (Lipinski definition) is 2. The topological polar surface area (TPSA) is 73.1 Å². The molecule has 1 aromatic carbocycles. The number of rotatable bonds is 3. The van der Waals surface area contributed by atoms with Crippen molar-refractivity contribution in [2.45, 2.75) is 13.8 Å². The van der Waals surface area contributed by atoms with Crippen LogP contribution >= 0.6 is 15.9 Å². The molecule has 0 atom stereocenters. The average molecular weight is 327 g/mol. The first-order chi connectivity index (χ1) is 9.01. The van der Waals surface area contributed by atoms with Crippen molar-refractivity contribution in [3.63, 3.8) is 0 Å². The monoisotopic (exact) mass is 326 g/mol. The minimum absolute atomic E-state index is 0.335. The van der Waals surface area contributed by atoms with Gasteiger partial charge < -0.3 is 10.2 Å². The minimum Gasteiger partial charge on any atom is -0.438 e. The molecule has 2 aromatic rings. The quantitative estimate of drug-likeness (QED) is 0.669. The Morgan fingerprint density at radius 3 is 2.68 bits per heavy atom. The molecule has 0 bridgehead atoms. The van der Waals surface area contributed by atoms with Crippen molar-refractivity contribution in [3.05, 3.63) is 39.9 Å². The van der Waals surface area contributed by atoms with Crippen LogP contribution < -0.4 is 16.0 Å². The highest BCUT2D eigenvalue weighted by atomic mass is 79.9. The van der Waals surface area contributed by atoms with E-state index >= 15 is 0 Å². The molecule has 0 unspecified atom stereocenters. The van der Waals surface area contributed by atoms with E-state index < -0.39 is 5.82 Å². The fourth-order valence-corrected chi connectivity index (χ4v) is 1.74. The van der Waals surface area contributed by atoms with Gasteiger partial charge in [0.15, 0.2) is 0 Å². The number of anilines is 1. The summed E-state index contributed by atoms with van der Waals surface area (Å²) in [7, 11) is 0. The molecule has 3 N–H and O–H groups in total. The van der Waals surface area contributed by atoms with Crippen LogP contribution in [-0.2, 0) is 0 Å². The maximum atomic E-state index is 13.4. The van der Waals surface area contributed by atoms with E-state index in [-0.39, 0.29) is 0 Å². The molecular formula is C12H12BrFN4O. The zero-order valence-electron chi connectivity index (χ0n) is 10.4. The van der Waals surface area contributed by atoms with Crippen LogP contribution in [0, 0.1) is 19.7 Å². The predicted molar refractivity (Wildman–Crippen MR) is 73.5 cm³/mol. The lowest BCUT2D eigenvalue weighted by atomic mass is 10.3. The average Bonchev–Trinajstić information content (AvgIpc) is 2.37. The molecule has 0 spiro atoms. The summed E-state index contributed by atoms with van der Waals surface area (Å²) in [5.41, 5.74) is 3.12. The zero-order chi connectivity index (χ0) is 14.0. The van der Waals surface area contributed by atoms with Gasteiger partial charge in [0, 0.05) is 6.07 Å². The lowest BCUT2D eigenvalue weighted by Gasteiger charge is -2.11. The summed E-state index contributed by atoms with van der Waals surface area (Å²) in [4.78, 5) is 8.28. The molecule has 1 heterocycles. The molecule has 0 radical (unpaired) electrons.